The Bertz CT molecular complexity index is 1120. The summed E-state index contributed by atoms with van der Waals surface area (Å²) in [5, 5.41) is 14.2. The molecule has 228 valence electrons. The number of amides is 2. The van der Waals surface area contributed by atoms with Gasteiger partial charge in [-0.3, -0.25) is 9.59 Å². The molecule has 0 bridgehead atoms. The molecule has 4 atom stereocenters. The number of benzene rings is 2. The number of nitrogens with two attached hydrogens (primary N) is 2. The maximum atomic E-state index is 13.8. The Hall–Kier alpha value is -2.92. The summed E-state index contributed by atoms with van der Waals surface area (Å²) in [7, 11) is 0. The fourth-order valence-electron chi connectivity index (χ4n) is 4.82. The van der Waals surface area contributed by atoms with Crippen LogP contribution in [0, 0.1) is 24.5 Å². The quantitative estimate of drug-likeness (QED) is 0.211. The fourth-order valence-corrected chi connectivity index (χ4v) is 4.82. The average Bonchev–Trinajstić information content (AvgIpc) is 2.88. The number of ether oxygens (including phenoxy) is 1. The van der Waals surface area contributed by atoms with Gasteiger partial charge in [-0.25, -0.2) is 8.78 Å². The molecule has 0 saturated carbocycles. The van der Waals surface area contributed by atoms with E-state index in [9.17, 15) is 23.5 Å². The van der Waals surface area contributed by atoms with E-state index >= 15 is 0 Å². The molecule has 0 spiro atoms. The first-order valence-corrected chi connectivity index (χ1v) is 14.3. The van der Waals surface area contributed by atoms with Gasteiger partial charge in [-0.05, 0) is 73.9 Å². The molecule has 10 heteroatoms. The van der Waals surface area contributed by atoms with Crippen molar-refractivity contribution < 1.29 is 28.2 Å². The minimum Gasteiger partial charge on any atom is -0.368 e. The standard InChI is InChI=1S/C31H46F2N4O4/c1-6-8-37(9-7-2)30(39)22-11-20(5)12-23(16-22)31(40)41-28(18-36-27(29(35)38)10-19(3)4)26(34)15-21-13-24(32)17-25(33)14-21/h11-14,16-17,19,26-28,31,36,40H,6-10,15,18,34H2,1-5H3,(H2,35,38)/t26-,27?,28+,31?/m0/s1. The van der Waals surface area contributed by atoms with Crippen molar-refractivity contribution in [2.24, 2.45) is 17.4 Å². The van der Waals surface area contributed by atoms with E-state index in [0.717, 1.165) is 24.5 Å². The van der Waals surface area contributed by atoms with Gasteiger partial charge in [-0.1, -0.05) is 33.8 Å². The number of nitrogens with zero attached hydrogens (tertiary/aromatic N) is 1. The van der Waals surface area contributed by atoms with Crippen molar-refractivity contribution in [3.05, 3.63) is 70.3 Å². The third-order valence-electron chi connectivity index (χ3n) is 6.70. The molecule has 41 heavy (non-hydrogen) atoms. The predicted octanol–water partition coefficient (Wildman–Crippen LogP) is 3.97. The van der Waals surface area contributed by atoms with E-state index in [2.05, 4.69) is 5.32 Å². The van der Waals surface area contributed by atoms with Crippen LogP contribution in [-0.4, -0.2) is 59.6 Å². The number of carbonyl (C=O) groups excluding carboxylic acids is 2. The number of aliphatic hydroxyl groups is 1. The lowest BCUT2D eigenvalue weighted by molar-refractivity contribution is -0.145. The average molecular weight is 577 g/mol. The van der Waals surface area contributed by atoms with Gasteiger partial charge < -0.3 is 31.5 Å². The number of primary amides is 1. The van der Waals surface area contributed by atoms with Gasteiger partial charge in [0.1, 0.15) is 11.6 Å². The lowest BCUT2D eigenvalue weighted by Gasteiger charge is -2.29. The normalized spacial score (nSPS) is 14.5. The van der Waals surface area contributed by atoms with Gasteiger partial charge in [0.05, 0.1) is 12.1 Å². The summed E-state index contributed by atoms with van der Waals surface area (Å²) in [5.74, 6) is -1.95. The second kappa shape index (κ2) is 16.5. The van der Waals surface area contributed by atoms with Gasteiger partial charge >= 0.3 is 0 Å². The molecule has 0 aromatic heterocycles. The van der Waals surface area contributed by atoms with E-state index in [0.29, 0.717) is 36.2 Å². The lowest BCUT2D eigenvalue weighted by Crippen LogP contribution is -2.51. The van der Waals surface area contributed by atoms with E-state index < -0.39 is 42.0 Å². The Balaban J connectivity index is 2.33. The van der Waals surface area contributed by atoms with Crippen LogP contribution in [0.4, 0.5) is 8.78 Å². The number of aryl methyl sites for hydroxylation is 1. The van der Waals surface area contributed by atoms with Crippen LogP contribution in [-0.2, 0) is 16.0 Å². The van der Waals surface area contributed by atoms with Crippen LogP contribution >= 0.6 is 0 Å². The van der Waals surface area contributed by atoms with Crippen LogP contribution in [0.5, 0.6) is 0 Å². The summed E-state index contributed by atoms with van der Waals surface area (Å²) in [5.41, 5.74) is 13.9. The maximum absolute atomic E-state index is 13.8. The van der Waals surface area contributed by atoms with Crippen molar-refractivity contribution in [1.29, 1.82) is 0 Å². The zero-order chi connectivity index (χ0) is 30.7. The van der Waals surface area contributed by atoms with Gasteiger partial charge in [0, 0.05) is 42.9 Å². The molecule has 0 radical (unpaired) electrons. The summed E-state index contributed by atoms with van der Waals surface area (Å²) in [6, 6.07) is 6.75. The molecule has 0 aliphatic rings. The highest BCUT2D eigenvalue weighted by Gasteiger charge is 2.27. The molecule has 2 rings (SSSR count). The predicted molar refractivity (Wildman–Crippen MR) is 156 cm³/mol. The summed E-state index contributed by atoms with van der Waals surface area (Å²) >= 11 is 0. The van der Waals surface area contributed by atoms with E-state index in [1.807, 2.05) is 34.6 Å². The summed E-state index contributed by atoms with van der Waals surface area (Å²) in [4.78, 5) is 27.1. The summed E-state index contributed by atoms with van der Waals surface area (Å²) in [6.45, 7) is 11.0. The van der Waals surface area contributed by atoms with Crippen LogP contribution in [0.15, 0.2) is 36.4 Å². The largest absolute Gasteiger partial charge is 0.368 e. The zero-order valence-electron chi connectivity index (χ0n) is 24.8. The maximum Gasteiger partial charge on any atom is 0.253 e. The van der Waals surface area contributed by atoms with Crippen LogP contribution in [0.2, 0.25) is 0 Å². The van der Waals surface area contributed by atoms with Crippen LogP contribution in [0.1, 0.15) is 80.3 Å². The Morgan fingerprint density at radius 2 is 1.63 bits per heavy atom. The molecular formula is C31H46F2N4O4. The highest BCUT2D eigenvalue weighted by Crippen LogP contribution is 2.23. The van der Waals surface area contributed by atoms with Gasteiger partial charge in [0.2, 0.25) is 5.91 Å². The smallest absolute Gasteiger partial charge is 0.253 e. The minimum absolute atomic E-state index is 0.0364. The number of carbonyl (C=O) groups is 2. The highest BCUT2D eigenvalue weighted by molar-refractivity contribution is 5.94. The molecule has 0 aliphatic carbocycles. The topological polar surface area (TPSA) is 131 Å². The first-order valence-electron chi connectivity index (χ1n) is 14.3. The number of rotatable bonds is 17. The number of halogens is 2. The third-order valence-corrected chi connectivity index (χ3v) is 6.70. The Morgan fingerprint density at radius 1 is 1.02 bits per heavy atom. The van der Waals surface area contributed by atoms with E-state index in [1.165, 1.54) is 12.1 Å². The summed E-state index contributed by atoms with van der Waals surface area (Å²) in [6.07, 6.45) is -0.195. The lowest BCUT2D eigenvalue weighted by atomic mass is 9.99. The first kappa shape index (κ1) is 34.3. The minimum atomic E-state index is -1.47. The molecule has 0 fully saturated rings. The van der Waals surface area contributed by atoms with Crippen molar-refractivity contribution in [3.63, 3.8) is 0 Å². The molecule has 6 N–H and O–H groups in total. The molecule has 8 nitrogen and oxygen atoms in total. The second-order valence-corrected chi connectivity index (χ2v) is 11.1. The van der Waals surface area contributed by atoms with Crippen molar-refractivity contribution in [2.45, 2.75) is 84.8 Å². The number of hydrogen-bond donors (Lipinski definition) is 4. The molecule has 2 aromatic carbocycles. The molecule has 2 aromatic rings. The molecular weight excluding hydrogens is 530 g/mol. The van der Waals surface area contributed by atoms with Crippen LogP contribution < -0.4 is 16.8 Å². The van der Waals surface area contributed by atoms with Crippen LogP contribution in [0.25, 0.3) is 0 Å². The van der Waals surface area contributed by atoms with Crippen molar-refractivity contribution in [3.8, 4) is 0 Å². The van der Waals surface area contributed by atoms with E-state index in [-0.39, 0.29) is 24.8 Å². The Kier molecular flexibility index (Phi) is 13.8. The molecule has 2 unspecified atom stereocenters. The van der Waals surface area contributed by atoms with Gasteiger partial charge in [-0.15, -0.1) is 0 Å². The Morgan fingerprint density at radius 3 is 2.17 bits per heavy atom. The van der Waals surface area contributed by atoms with E-state index in [4.69, 9.17) is 16.2 Å². The fraction of sp³-hybridized carbons (Fsp3) is 0.548. The zero-order valence-corrected chi connectivity index (χ0v) is 24.8. The SMILES string of the molecule is CCCN(CCC)C(=O)c1cc(C)cc(C(O)O[C@H](CNC(CC(C)C)C(N)=O)[C@@H](N)Cc2cc(F)cc(F)c2)c1. The number of aliphatic hydroxyl groups excluding tert-OH is 1. The van der Waals surface area contributed by atoms with Crippen LogP contribution in [0.3, 0.4) is 0 Å². The van der Waals surface area contributed by atoms with Crippen molar-refractivity contribution in [2.75, 3.05) is 19.6 Å². The molecule has 0 aliphatic heterocycles. The number of nitrogens with one attached hydrogen (secondary N) is 1. The van der Waals surface area contributed by atoms with Crippen molar-refractivity contribution in [1.82, 2.24) is 10.2 Å². The first-order chi connectivity index (χ1) is 19.3. The number of hydrogen-bond acceptors (Lipinski definition) is 6. The monoisotopic (exact) mass is 576 g/mol. The van der Waals surface area contributed by atoms with Gasteiger partial charge in [-0.2, -0.15) is 0 Å². The van der Waals surface area contributed by atoms with E-state index in [1.54, 1.807) is 23.1 Å². The molecule has 0 saturated heterocycles. The van der Waals surface area contributed by atoms with Gasteiger partial charge in [0.25, 0.3) is 5.91 Å². The third kappa shape index (κ3) is 11.1. The molecule has 2 amide bonds. The Labute approximate surface area is 242 Å². The van der Waals surface area contributed by atoms with Crippen molar-refractivity contribution >= 4 is 11.8 Å². The van der Waals surface area contributed by atoms with Gasteiger partial charge in [0.15, 0.2) is 6.29 Å². The summed E-state index contributed by atoms with van der Waals surface area (Å²) < 4.78 is 33.7. The second-order valence-electron chi connectivity index (χ2n) is 11.1. The molecule has 0 heterocycles. The highest BCUT2D eigenvalue weighted by atomic mass is 19.1.